The van der Waals surface area contributed by atoms with Crippen molar-refractivity contribution >= 4 is 17.4 Å². The fraction of sp³-hybridized carbons (Fsp3) is 0.227. The van der Waals surface area contributed by atoms with Crippen molar-refractivity contribution in [2.75, 3.05) is 0 Å². The minimum Gasteiger partial charge on any atom is -0.289 e. The maximum atomic E-state index is 13.0. The molecule has 0 bridgehead atoms. The SMILES string of the molecule is CC(C)(C)C1=CC=CC1c1ccc(Cl)cc1C(=O)c1ccccc1. The van der Waals surface area contributed by atoms with Crippen LogP contribution in [-0.4, -0.2) is 5.78 Å². The summed E-state index contributed by atoms with van der Waals surface area (Å²) in [6.45, 7) is 6.61. The molecule has 0 aromatic heterocycles. The first-order chi connectivity index (χ1) is 11.4. The van der Waals surface area contributed by atoms with E-state index in [1.165, 1.54) is 5.57 Å². The Morgan fingerprint density at radius 2 is 1.75 bits per heavy atom. The van der Waals surface area contributed by atoms with Gasteiger partial charge in [0.15, 0.2) is 5.78 Å². The van der Waals surface area contributed by atoms with Crippen LogP contribution in [0.25, 0.3) is 0 Å². The van der Waals surface area contributed by atoms with Gasteiger partial charge in [-0.05, 0) is 23.1 Å². The van der Waals surface area contributed by atoms with Crippen LogP contribution in [0, 0.1) is 5.41 Å². The summed E-state index contributed by atoms with van der Waals surface area (Å²) < 4.78 is 0. The molecule has 0 fully saturated rings. The highest BCUT2D eigenvalue weighted by Gasteiger charge is 2.29. The van der Waals surface area contributed by atoms with Crippen molar-refractivity contribution in [2.45, 2.75) is 26.7 Å². The maximum Gasteiger partial charge on any atom is 0.193 e. The highest BCUT2D eigenvalue weighted by Crippen LogP contribution is 2.42. The molecule has 0 radical (unpaired) electrons. The van der Waals surface area contributed by atoms with Gasteiger partial charge in [0.1, 0.15) is 0 Å². The average Bonchev–Trinajstić information content (AvgIpc) is 3.04. The van der Waals surface area contributed by atoms with Gasteiger partial charge in [-0.3, -0.25) is 4.79 Å². The summed E-state index contributed by atoms with van der Waals surface area (Å²) in [5.74, 6) is 0.131. The molecule has 1 unspecified atom stereocenters. The number of carbonyl (C=O) groups excluding carboxylic acids is 1. The van der Waals surface area contributed by atoms with Crippen LogP contribution in [0.3, 0.4) is 0 Å². The lowest BCUT2D eigenvalue weighted by Gasteiger charge is -2.28. The second-order valence-corrected chi connectivity index (χ2v) is 7.60. The fourth-order valence-electron chi connectivity index (χ4n) is 3.21. The molecule has 2 heteroatoms. The zero-order chi connectivity index (χ0) is 17.3. The van der Waals surface area contributed by atoms with Crippen molar-refractivity contribution in [1.29, 1.82) is 0 Å². The number of hydrogen-bond donors (Lipinski definition) is 0. The van der Waals surface area contributed by atoms with Crippen molar-refractivity contribution in [1.82, 2.24) is 0 Å². The van der Waals surface area contributed by atoms with Gasteiger partial charge >= 0.3 is 0 Å². The highest BCUT2D eigenvalue weighted by atomic mass is 35.5. The molecule has 3 rings (SSSR count). The molecule has 0 spiro atoms. The van der Waals surface area contributed by atoms with E-state index in [2.05, 4.69) is 39.0 Å². The lowest BCUT2D eigenvalue weighted by atomic mass is 9.76. The van der Waals surface area contributed by atoms with E-state index in [0.717, 1.165) is 5.56 Å². The standard InChI is InChI=1S/C22H21ClO/c1-22(2,3)20-11-7-10-18(20)17-13-12-16(23)14-19(17)21(24)15-8-5-4-6-9-15/h4-14,18H,1-3H3. The molecular formula is C22H21ClO. The summed E-state index contributed by atoms with van der Waals surface area (Å²) in [5, 5.41) is 0.585. The summed E-state index contributed by atoms with van der Waals surface area (Å²) in [7, 11) is 0. The lowest BCUT2D eigenvalue weighted by Crippen LogP contribution is -2.16. The molecule has 0 saturated carbocycles. The Kier molecular flexibility index (Phi) is 4.47. The van der Waals surface area contributed by atoms with E-state index >= 15 is 0 Å². The summed E-state index contributed by atoms with van der Waals surface area (Å²) in [6, 6.07) is 15.0. The van der Waals surface area contributed by atoms with Crippen LogP contribution in [0.15, 0.2) is 72.3 Å². The highest BCUT2D eigenvalue weighted by molar-refractivity contribution is 6.31. The minimum absolute atomic E-state index is 0.0154. The molecule has 1 aliphatic carbocycles. The minimum atomic E-state index is 0.0154. The Balaban J connectivity index is 2.09. The lowest BCUT2D eigenvalue weighted by molar-refractivity contribution is 0.103. The molecule has 0 N–H and O–H groups in total. The maximum absolute atomic E-state index is 13.0. The van der Waals surface area contributed by atoms with E-state index < -0.39 is 0 Å². The number of rotatable bonds is 3. The molecule has 1 nitrogen and oxygen atoms in total. The first-order valence-electron chi connectivity index (χ1n) is 8.16. The van der Waals surface area contributed by atoms with Crippen molar-refractivity contribution in [2.24, 2.45) is 5.41 Å². The summed E-state index contributed by atoms with van der Waals surface area (Å²) >= 11 is 6.20. The Labute approximate surface area is 148 Å². The predicted molar refractivity (Wildman–Crippen MR) is 101 cm³/mol. The van der Waals surface area contributed by atoms with Crippen LogP contribution in [-0.2, 0) is 0 Å². The third-order valence-electron chi connectivity index (χ3n) is 4.41. The third-order valence-corrected chi connectivity index (χ3v) is 4.65. The van der Waals surface area contributed by atoms with Gasteiger partial charge in [-0.1, -0.05) is 92.6 Å². The van der Waals surface area contributed by atoms with E-state index in [1.54, 1.807) is 6.07 Å². The zero-order valence-corrected chi connectivity index (χ0v) is 15.0. The number of carbonyl (C=O) groups is 1. The third kappa shape index (κ3) is 3.22. The number of halogens is 1. The smallest absolute Gasteiger partial charge is 0.193 e. The first-order valence-corrected chi connectivity index (χ1v) is 8.54. The van der Waals surface area contributed by atoms with Gasteiger partial charge < -0.3 is 0 Å². The van der Waals surface area contributed by atoms with E-state index in [0.29, 0.717) is 16.1 Å². The molecule has 2 aromatic carbocycles. The number of benzene rings is 2. The molecule has 122 valence electrons. The Morgan fingerprint density at radius 3 is 2.42 bits per heavy atom. The predicted octanol–water partition coefficient (Wildman–Crippen LogP) is 6.20. The molecule has 0 saturated heterocycles. The monoisotopic (exact) mass is 336 g/mol. The number of allylic oxidation sites excluding steroid dienone is 4. The van der Waals surface area contributed by atoms with Crippen LogP contribution in [0.2, 0.25) is 5.02 Å². The van der Waals surface area contributed by atoms with Gasteiger partial charge in [0.05, 0.1) is 0 Å². The van der Waals surface area contributed by atoms with Crippen LogP contribution < -0.4 is 0 Å². The quantitative estimate of drug-likeness (QED) is 0.610. The second-order valence-electron chi connectivity index (χ2n) is 7.16. The van der Waals surface area contributed by atoms with E-state index in [9.17, 15) is 4.79 Å². The van der Waals surface area contributed by atoms with Crippen molar-refractivity contribution in [3.63, 3.8) is 0 Å². The first kappa shape index (κ1) is 16.7. The largest absolute Gasteiger partial charge is 0.289 e. The van der Waals surface area contributed by atoms with Crippen molar-refractivity contribution in [3.8, 4) is 0 Å². The topological polar surface area (TPSA) is 17.1 Å². The van der Waals surface area contributed by atoms with Crippen molar-refractivity contribution < 1.29 is 4.79 Å². The van der Waals surface area contributed by atoms with Gasteiger partial charge in [0.2, 0.25) is 0 Å². The van der Waals surface area contributed by atoms with Crippen LogP contribution in [0.1, 0.15) is 48.2 Å². The number of ketones is 1. The molecular weight excluding hydrogens is 316 g/mol. The molecule has 0 amide bonds. The Bertz CT molecular complexity index is 823. The fourth-order valence-corrected chi connectivity index (χ4v) is 3.38. The van der Waals surface area contributed by atoms with E-state index in [1.807, 2.05) is 42.5 Å². The van der Waals surface area contributed by atoms with Crippen LogP contribution in [0.5, 0.6) is 0 Å². The summed E-state index contributed by atoms with van der Waals surface area (Å²) in [4.78, 5) is 13.0. The van der Waals surface area contributed by atoms with E-state index in [-0.39, 0.29) is 17.1 Å². The average molecular weight is 337 g/mol. The number of hydrogen-bond acceptors (Lipinski definition) is 1. The van der Waals surface area contributed by atoms with Gasteiger partial charge in [-0.15, -0.1) is 0 Å². The molecule has 1 atom stereocenters. The second kappa shape index (κ2) is 6.41. The van der Waals surface area contributed by atoms with E-state index in [4.69, 9.17) is 11.6 Å². The summed E-state index contributed by atoms with van der Waals surface area (Å²) in [5.41, 5.74) is 3.74. The van der Waals surface area contributed by atoms with Gasteiger partial charge in [0.25, 0.3) is 0 Å². The zero-order valence-electron chi connectivity index (χ0n) is 14.2. The molecule has 24 heavy (non-hydrogen) atoms. The van der Waals surface area contributed by atoms with Crippen LogP contribution in [0.4, 0.5) is 0 Å². The molecule has 2 aromatic rings. The van der Waals surface area contributed by atoms with Crippen molar-refractivity contribution in [3.05, 3.63) is 94.0 Å². The molecule has 0 aliphatic heterocycles. The molecule has 0 heterocycles. The Morgan fingerprint density at radius 1 is 1.04 bits per heavy atom. The van der Waals surface area contributed by atoms with Gasteiger partial charge in [-0.2, -0.15) is 0 Å². The summed E-state index contributed by atoms with van der Waals surface area (Å²) in [6.07, 6.45) is 6.40. The van der Waals surface area contributed by atoms with Crippen LogP contribution >= 0.6 is 11.6 Å². The van der Waals surface area contributed by atoms with Gasteiger partial charge in [0, 0.05) is 22.1 Å². The van der Waals surface area contributed by atoms with Gasteiger partial charge in [-0.25, -0.2) is 0 Å². The normalized spacial score (nSPS) is 17.0. The Hall–Kier alpha value is -2.12. The molecule has 1 aliphatic rings.